The maximum atomic E-state index is 12.3. The van der Waals surface area contributed by atoms with Crippen LogP contribution in [-0.2, 0) is 14.3 Å². The van der Waals surface area contributed by atoms with Crippen molar-refractivity contribution in [1.29, 1.82) is 0 Å². The van der Waals surface area contributed by atoms with Crippen LogP contribution in [0.1, 0.15) is 33.6 Å². The van der Waals surface area contributed by atoms with Crippen molar-refractivity contribution in [3.63, 3.8) is 0 Å². The number of allylic oxidation sites excluding steroid dienone is 1. The Hall–Kier alpha value is -1.16. The van der Waals surface area contributed by atoms with Crippen LogP contribution in [0.15, 0.2) is 12.2 Å². The van der Waals surface area contributed by atoms with E-state index in [1.807, 2.05) is 13.8 Å². The molecule has 0 aromatic carbocycles. The molecule has 1 N–H and O–H groups in total. The van der Waals surface area contributed by atoms with Crippen molar-refractivity contribution in [1.82, 2.24) is 0 Å². The van der Waals surface area contributed by atoms with Crippen LogP contribution in [0.4, 0.5) is 0 Å². The molecule has 1 heterocycles. The minimum Gasteiger partial charge on any atom is -0.461 e. The first-order chi connectivity index (χ1) is 8.77. The second-order valence-corrected chi connectivity index (χ2v) is 6.71. The third-order valence-corrected chi connectivity index (χ3v) is 5.46. The zero-order valence-electron chi connectivity index (χ0n) is 11.6. The molecule has 0 aromatic rings. The molecule has 4 nitrogen and oxygen atoms in total. The molecule has 1 aliphatic heterocycles. The standard InChI is InChI=1S/C15H20O4/c1-8-9-4-6-14(2)10(16)5-7-15(3,18)12(14)11(9)19-13(8)17/h5,7-9,11-12,18H,4,6H2,1-3H3/t8?,9?,11?,12?,14-,15+/m0/s1. The molecule has 3 rings (SSSR count). The second-order valence-electron chi connectivity index (χ2n) is 6.71. The Balaban J connectivity index is 2.07. The highest BCUT2D eigenvalue weighted by Crippen LogP contribution is 2.56. The van der Waals surface area contributed by atoms with Gasteiger partial charge in [0.2, 0.25) is 0 Å². The summed E-state index contributed by atoms with van der Waals surface area (Å²) in [7, 11) is 0. The zero-order chi connectivity index (χ0) is 14.0. The van der Waals surface area contributed by atoms with E-state index >= 15 is 0 Å². The molecule has 2 aliphatic carbocycles. The topological polar surface area (TPSA) is 63.6 Å². The summed E-state index contributed by atoms with van der Waals surface area (Å²) in [5.41, 5.74) is -1.72. The Labute approximate surface area is 112 Å². The van der Waals surface area contributed by atoms with Crippen molar-refractivity contribution in [2.24, 2.45) is 23.2 Å². The zero-order valence-corrected chi connectivity index (χ0v) is 11.6. The Kier molecular flexibility index (Phi) is 2.50. The first-order valence-corrected chi connectivity index (χ1v) is 6.94. The van der Waals surface area contributed by atoms with Gasteiger partial charge in [0.05, 0.1) is 11.5 Å². The molecule has 0 bridgehead atoms. The number of hydrogen-bond donors (Lipinski definition) is 1. The van der Waals surface area contributed by atoms with Gasteiger partial charge in [-0.2, -0.15) is 0 Å². The summed E-state index contributed by atoms with van der Waals surface area (Å²) in [6.07, 6.45) is 4.21. The van der Waals surface area contributed by atoms with E-state index in [2.05, 4.69) is 0 Å². The summed E-state index contributed by atoms with van der Waals surface area (Å²) >= 11 is 0. The minimum absolute atomic E-state index is 0.0399. The van der Waals surface area contributed by atoms with Crippen molar-refractivity contribution >= 4 is 11.8 Å². The highest BCUT2D eigenvalue weighted by molar-refractivity contribution is 5.96. The van der Waals surface area contributed by atoms with E-state index in [1.165, 1.54) is 6.08 Å². The number of rotatable bonds is 0. The second kappa shape index (κ2) is 3.69. The normalized spacial score (nSPS) is 52.6. The van der Waals surface area contributed by atoms with E-state index in [-0.39, 0.29) is 35.6 Å². The summed E-state index contributed by atoms with van der Waals surface area (Å²) in [5, 5.41) is 10.6. The number of carbonyl (C=O) groups is 2. The predicted molar refractivity (Wildman–Crippen MR) is 68.1 cm³/mol. The van der Waals surface area contributed by atoms with Crippen molar-refractivity contribution in [2.45, 2.75) is 45.3 Å². The van der Waals surface area contributed by atoms with E-state index in [4.69, 9.17) is 4.74 Å². The van der Waals surface area contributed by atoms with Crippen LogP contribution in [-0.4, -0.2) is 28.6 Å². The van der Waals surface area contributed by atoms with Gasteiger partial charge < -0.3 is 9.84 Å². The van der Waals surface area contributed by atoms with Crippen LogP contribution in [0.25, 0.3) is 0 Å². The van der Waals surface area contributed by atoms with Gasteiger partial charge in [-0.05, 0) is 31.9 Å². The van der Waals surface area contributed by atoms with Crippen LogP contribution in [0.3, 0.4) is 0 Å². The van der Waals surface area contributed by atoms with Gasteiger partial charge in [0.25, 0.3) is 0 Å². The summed E-state index contributed by atoms with van der Waals surface area (Å²) in [5.74, 6) is -0.511. The lowest BCUT2D eigenvalue weighted by Crippen LogP contribution is -2.59. The molecule has 0 radical (unpaired) electrons. The fourth-order valence-electron chi connectivity index (χ4n) is 4.29. The molecule has 4 heteroatoms. The smallest absolute Gasteiger partial charge is 0.309 e. The number of hydrogen-bond acceptors (Lipinski definition) is 4. The largest absolute Gasteiger partial charge is 0.461 e. The van der Waals surface area contributed by atoms with Crippen molar-refractivity contribution in [3.8, 4) is 0 Å². The number of ketones is 1. The molecular weight excluding hydrogens is 244 g/mol. The molecule has 2 fully saturated rings. The number of ether oxygens (including phenoxy) is 1. The first-order valence-electron chi connectivity index (χ1n) is 6.94. The Morgan fingerprint density at radius 3 is 2.74 bits per heavy atom. The van der Waals surface area contributed by atoms with E-state index in [0.29, 0.717) is 6.42 Å². The lowest BCUT2D eigenvalue weighted by atomic mass is 9.53. The molecule has 4 unspecified atom stereocenters. The third kappa shape index (κ3) is 1.55. The lowest BCUT2D eigenvalue weighted by molar-refractivity contribution is -0.167. The van der Waals surface area contributed by atoms with Gasteiger partial charge in [0.1, 0.15) is 6.10 Å². The van der Waals surface area contributed by atoms with Crippen LogP contribution in [0.5, 0.6) is 0 Å². The lowest BCUT2D eigenvalue weighted by Gasteiger charge is -2.52. The summed E-state index contributed by atoms with van der Waals surface area (Å²) in [4.78, 5) is 24.1. The number of fused-ring (bicyclic) bond motifs is 3. The average Bonchev–Trinajstić information content (AvgIpc) is 2.60. The fourth-order valence-corrected chi connectivity index (χ4v) is 4.29. The summed E-state index contributed by atoms with van der Waals surface area (Å²) in [6.45, 7) is 5.48. The van der Waals surface area contributed by atoms with Gasteiger partial charge >= 0.3 is 5.97 Å². The molecule has 3 aliphatic rings. The Morgan fingerprint density at radius 1 is 1.37 bits per heavy atom. The molecule has 104 valence electrons. The predicted octanol–water partition coefficient (Wildman–Crippen LogP) is 1.47. The highest BCUT2D eigenvalue weighted by atomic mass is 16.6. The van der Waals surface area contributed by atoms with Gasteiger partial charge in [0.15, 0.2) is 5.78 Å². The van der Waals surface area contributed by atoms with Crippen molar-refractivity contribution in [2.75, 3.05) is 0 Å². The molecular formula is C15H20O4. The monoisotopic (exact) mass is 264 g/mol. The van der Waals surface area contributed by atoms with Gasteiger partial charge in [-0.15, -0.1) is 0 Å². The molecule has 19 heavy (non-hydrogen) atoms. The van der Waals surface area contributed by atoms with Gasteiger partial charge in [-0.3, -0.25) is 9.59 Å². The molecule has 1 saturated heterocycles. The van der Waals surface area contributed by atoms with Crippen molar-refractivity contribution in [3.05, 3.63) is 12.2 Å². The highest BCUT2D eigenvalue weighted by Gasteiger charge is 2.62. The minimum atomic E-state index is -1.10. The van der Waals surface area contributed by atoms with Gasteiger partial charge in [0, 0.05) is 17.3 Å². The van der Waals surface area contributed by atoms with Gasteiger partial charge in [-0.25, -0.2) is 0 Å². The van der Waals surface area contributed by atoms with E-state index in [1.54, 1.807) is 13.0 Å². The van der Waals surface area contributed by atoms with E-state index in [9.17, 15) is 14.7 Å². The van der Waals surface area contributed by atoms with Crippen LogP contribution >= 0.6 is 0 Å². The Morgan fingerprint density at radius 2 is 2.05 bits per heavy atom. The van der Waals surface area contributed by atoms with Crippen LogP contribution in [0.2, 0.25) is 0 Å². The summed E-state index contributed by atoms with van der Waals surface area (Å²) in [6, 6.07) is 0. The molecule has 6 atom stereocenters. The van der Waals surface area contributed by atoms with E-state index < -0.39 is 11.0 Å². The third-order valence-electron chi connectivity index (χ3n) is 5.46. The SMILES string of the molecule is CC1C(=O)OC2C1CC[C@@]1(C)C(=O)C=C[C@@](C)(O)C21. The van der Waals surface area contributed by atoms with Crippen LogP contribution in [0, 0.1) is 23.2 Å². The summed E-state index contributed by atoms with van der Waals surface area (Å²) < 4.78 is 5.51. The maximum Gasteiger partial charge on any atom is 0.309 e. The van der Waals surface area contributed by atoms with E-state index in [0.717, 1.165) is 6.42 Å². The average molecular weight is 264 g/mol. The number of esters is 1. The molecule has 1 saturated carbocycles. The maximum absolute atomic E-state index is 12.3. The van der Waals surface area contributed by atoms with Gasteiger partial charge in [-0.1, -0.05) is 13.8 Å². The number of carbonyl (C=O) groups excluding carboxylic acids is 2. The first kappa shape index (κ1) is 12.9. The molecule has 0 amide bonds. The quantitative estimate of drug-likeness (QED) is 0.673. The fraction of sp³-hybridized carbons (Fsp3) is 0.733. The van der Waals surface area contributed by atoms with Crippen molar-refractivity contribution < 1.29 is 19.4 Å². The molecule has 0 spiro atoms. The number of aliphatic hydroxyl groups is 1. The Bertz CT molecular complexity index is 479. The molecule has 0 aromatic heterocycles. The van der Waals surface area contributed by atoms with Crippen LogP contribution < -0.4 is 0 Å².